The van der Waals surface area contributed by atoms with Gasteiger partial charge in [0.2, 0.25) is 0 Å². The van der Waals surface area contributed by atoms with E-state index in [4.69, 9.17) is 9.47 Å². The zero-order chi connectivity index (χ0) is 18.3. The van der Waals surface area contributed by atoms with Crippen LogP contribution >= 0.6 is 24.0 Å². The Labute approximate surface area is 181 Å². The summed E-state index contributed by atoms with van der Waals surface area (Å²) in [4.78, 5) is 4.66. The van der Waals surface area contributed by atoms with Gasteiger partial charge in [-0.25, -0.2) is 0 Å². The van der Waals surface area contributed by atoms with Crippen LogP contribution in [0.5, 0.6) is 0 Å². The fourth-order valence-corrected chi connectivity index (χ4v) is 3.00. The Hall–Kier alpha value is -0.860. The SMILES string of the molecule is CCNC(=NCCCc1ccccc1)NCCCOCC1CCOCC1.I. The highest BCUT2D eigenvalue weighted by Crippen LogP contribution is 2.14. The molecule has 0 bridgehead atoms. The number of aliphatic imine (C=N–C) groups is 1. The van der Waals surface area contributed by atoms with E-state index in [0.29, 0.717) is 5.92 Å². The Morgan fingerprint density at radius 1 is 1.15 bits per heavy atom. The van der Waals surface area contributed by atoms with Gasteiger partial charge in [-0.15, -0.1) is 24.0 Å². The quantitative estimate of drug-likeness (QED) is 0.216. The van der Waals surface area contributed by atoms with Crippen LogP contribution in [-0.2, 0) is 15.9 Å². The van der Waals surface area contributed by atoms with Gasteiger partial charge in [0, 0.05) is 46.1 Å². The third-order valence-electron chi connectivity index (χ3n) is 4.53. The molecule has 0 aromatic heterocycles. The largest absolute Gasteiger partial charge is 0.381 e. The molecule has 1 saturated heterocycles. The Kier molecular flexibility index (Phi) is 14.4. The molecule has 0 aliphatic carbocycles. The number of hydrogen-bond acceptors (Lipinski definition) is 3. The van der Waals surface area contributed by atoms with Gasteiger partial charge in [-0.1, -0.05) is 30.3 Å². The molecule has 0 unspecified atom stereocenters. The zero-order valence-corrected chi connectivity index (χ0v) is 19.0. The molecule has 1 heterocycles. The fourth-order valence-electron chi connectivity index (χ4n) is 3.00. The summed E-state index contributed by atoms with van der Waals surface area (Å²) >= 11 is 0. The van der Waals surface area contributed by atoms with Gasteiger partial charge in [-0.2, -0.15) is 0 Å². The van der Waals surface area contributed by atoms with E-state index in [1.165, 1.54) is 5.56 Å². The lowest BCUT2D eigenvalue weighted by atomic mass is 10.0. The molecule has 0 atom stereocenters. The third kappa shape index (κ3) is 11.5. The standard InChI is InChI=1S/C21H35N3O2.HI/c1-2-22-21(23-13-6-10-19-8-4-3-5-9-19)24-14-7-15-26-18-20-11-16-25-17-12-20;/h3-5,8-9,20H,2,6-7,10-18H2,1H3,(H2,22,23,24);1H. The summed E-state index contributed by atoms with van der Waals surface area (Å²) < 4.78 is 11.2. The molecule has 27 heavy (non-hydrogen) atoms. The van der Waals surface area contributed by atoms with E-state index in [1.54, 1.807) is 0 Å². The van der Waals surface area contributed by atoms with E-state index >= 15 is 0 Å². The van der Waals surface area contributed by atoms with Crippen molar-refractivity contribution in [2.45, 2.75) is 39.0 Å². The van der Waals surface area contributed by atoms with Gasteiger partial charge in [-0.05, 0) is 50.5 Å². The van der Waals surface area contributed by atoms with Crippen molar-refractivity contribution in [1.82, 2.24) is 10.6 Å². The highest BCUT2D eigenvalue weighted by atomic mass is 127. The number of nitrogens with zero attached hydrogens (tertiary/aromatic N) is 1. The summed E-state index contributed by atoms with van der Waals surface area (Å²) in [6.07, 6.45) is 5.41. The number of benzene rings is 1. The first kappa shape index (κ1) is 24.2. The van der Waals surface area contributed by atoms with Crippen LogP contribution in [0.25, 0.3) is 0 Å². The van der Waals surface area contributed by atoms with Gasteiger partial charge in [0.15, 0.2) is 5.96 Å². The highest BCUT2D eigenvalue weighted by Gasteiger charge is 2.13. The summed E-state index contributed by atoms with van der Waals surface area (Å²) in [5.74, 6) is 1.59. The van der Waals surface area contributed by atoms with Crippen molar-refractivity contribution in [3.8, 4) is 0 Å². The minimum Gasteiger partial charge on any atom is -0.381 e. The number of rotatable bonds is 11. The van der Waals surface area contributed by atoms with E-state index in [1.807, 2.05) is 0 Å². The second-order valence-corrected chi connectivity index (χ2v) is 6.76. The topological polar surface area (TPSA) is 54.9 Å². The van der Waals surface area contributed by atoms with Crippen molar-refractivity contribution in [2.24, 2.45) is 10.9 Å². The van der Waals surface area contributed by atoms with Crippen LogP contribution in [0.3, 0.4) is 0 Å². The van der Waals surface area contributed by atoms with Crippen molar-refractivity contribution in [3.05, 3.63) is 35.9 Å². The number of aryl methyl sites for hydroxylation is 1. The highest BCUT2D eigenvalue weighted by molar-refractivity contribution is 14.0. The fraction of sp³-hybridized carbons (Fsp3) is 0.667. The molecule has 0 saturated carbocycles. The van der Waals surface area contributed by atoms with Crippen LogP contribution < -0.4 is 10.6 Å². The first-order valence-electron chi connectivity index (χ1n) is 10.1. The van der Waals surface area contributed by atoms with Gasteiger partial charge in [0.05, 0.1) is 0 Å². The minimum absolute atomic E-state index is 0. The minimum atomic E-state index is 0. The molecule has 1 aromatic rings. The second kappa shape index (κ2) is 16.1. The maximum Gasteiger partial charge on any atom is 0.191 e. The number of ether oxygens (including phenoxy) is 2. The maximum atomic E-state index is 5.81. The van der Waals surface area contributed by atoms with Crippen LogP contribution in [0.4, 0.5) is 0 Å². The van der Waals surface area contributed by atoms with Crippen molar-refractivity contribution in [1.29, 1.82) is 0 Å². The molecule has 1 aromatic carbocycles. The monoisotopic (exact) mass is 489 g/mol. The number of guanidine groups is 1. The lowest BCUT2D eigenvalue weighted by Crippen LogP contribution is -2.38. The zero-order valence-electron chi connectivity index (χ0n) is 16.6. The first-order chi connectivity index (χ1) is 12.9. The molecular formula is C21H36IN3O2. The predicted octanol–water partition coefficient (Wildman–Crippen LogP) is 3.63. The molecule has 1 fully saturated rings. The molecule has 1 aliphatic rings. The second-order valence-electron chi connectivity index (χ2n) is 6.76. The smallest absolute Gasteiger partial charge is 0.191 e. The molecule has 154 valence electrons. The van der Waals surface area contributed by atoms with E-state index in [9.17, 15) is 0 Å². The molecule has 0 spiro atoms. The Morgan fingerprint density at radius 2 is 1.93 bits per heavy atom. The van der Waals surface area contributed by atoms with Gasteiger partial charge in [0.1, 0.15) is 0 Å². The molecule has 6 heteroatoms. The van der Waals surface area contributed by atoms with Crippen molar-refractivity contribution < 1.29 is 9.47 Å². The van der Waals surface area contributed by atoms with Crippen LogP contribution in [-0.4, -0.2) is 52.0 Å². The average molecular weight is 489 g/mol. The summed E-state index contributed by atoms with van der Waals surface area (Å²) in [6.45, 7) is 8.16. The normalized spacial score (nSPS) is 15.2. The summed E-state index contributed by atoms with van der Waals surface area (Å²) in [6, 6.07) is 10.6. The summed E-state index contributed by atoms with van der Waals surface area (Å²) in [5.41, 5.74) is 1.38. The molecular weight excluding hydrogens is 453 g/mol. The van der Waals surface area contributed by atoms with Crippen LogP contribution in [0.15, 0.2) is 35.3 Å². The lowest BCUT2D eigenvalue weighted by molar-refractivity contribution is 0.0203. The predicted molar refractivity (Wildman–Crippen MR) is 123 cm³/mol. The molecule has 2 rings (SSSR count). The number of halogens is 1. The third-order valence-corrected chi connectivity index (χ3v) is 4.53. The number of hydrogen-bond donors (Lipinski definition) is 2. The van der Waals surface area contributed by atoms with Crippen molar-refractivity contribution >= 4 is 29.9 Å². The molecule has 0 radical (unpaired) electrons. The summed E-state index contributed by atoms with van der Waals surface area (Å²) in [5, 5.41) is 6.70. The first-order valence-corrected chi connectivity index (χ1v) is 10.1. The van der Waals surface area contributed by atoms with Gasteiger partial charge >= 0.3 is 0 Å². The van der Waals surface area contributed by atoms with Crippen LogP contribution in [0.2, 0.25) is 0 Å². The van der Waals surface area contributed by atoms with Gasteiger partial charge < -0.3 is 20.1 Å². The van der Waals surface area contributed by atoms with Gasteiger partial charge in [0.25, 0.3) is 0 Å². The maximum absolute atomic E-state index is 5.81. The molecule has 1 aliphatic heterocycles. The molecule has 0 amide bonds. The van der Waals surface area contributed by atoms with Gasteiger partial charge in [-0.3, -0.25) is 4.99 Å². The Bertz CT molecular complexity index is 493. The molecule has 5 nitrogen and oxygen atoms in total. The van der Waals surface area contributed by atoms with Crippen LogP contribution in [0, 0.1) is 5.92 Å². The van der Waals surface area contributed by atoms with Crippen LogP contribution in [0.1, 0.15) is 38.2 Å². The summed E-state index contributed by atoms with van der Waals surface area (Å²) in [7, 11) is 0. The Morgan fingerprint density at radius 3 is 2.67 bits per heavy atom. The molecule has 2 N–H and O–H groups in total. The van der Waals surface area contributed by atoms with E-state index < -0.39 is 0 Å². The van der Waals surface area contributed by atoms with Crippen molar-refractivity contribution in [2.75, 3.05) is 46.1 Å². The average Bonchev–Trinajstić information content (AvgIpc) is 2.69. The van der Waals surface area contributed by atoms with E-state index in [0.717, 1.165) is 84.1 Å². The lowest BCUT2D eigenvalue weighted by Gasteiger charge is -2.21. The number of nitrogens with one attached hydrogen (secondary N) is 2. The van der Waals surface area contributed by atoms with E-state index in [-0.39, 0.29) is 24.0 Å². The Balaban J connectivity index is 0.00000364. The van der Waals surface area contributed by atoms with E-state index in [2.05, 4.69) is 52.9 Å². The van der Waals surface area contributed by atoms with Crippen molar-refractivity contribution in [3.63, 3.8) is 0 Å².